The van der Waals surface area contributed by atoms with Gasteiger partial charge in [-0.1, -0.05) is 30.0 Å². The number of aromatic nitrogens is 1. The fourth-order valence-corrected chi connectivity index (χ4v) is 3.21. The molecule has 4 nitrogen and oxygen atoms in total. The normalized spacial score (nSPS) is 10.7. The molecule has 3 rings (SSSR count). The second-order valence-electron chi connectivity index (χ2n) is 4.68. The SMILES string of the molecule is Cc1ccc(Sc2cccc3cnccc23)c([N+](=O)[O-])c1. The number of nitro groups is 1. The van der Waals surface area contributed by atoms with E-state index < -0.39 is 0 Å². The van der Waals surface area contributed by atoms with Gasteiger partial charge in [-0.05, 0) is 36.1 Å². The largest absolute Gasteiger partial charge is 0.283 e. The summed E-state index contributed by atoms with van der Waals surface area (Å²) in [5.41, 5.74) is 1.03. The highest BCUT2D eigenvalue weighted by atomic mass is 32.2. The Morgan fingerprint density at radius 1 is 1.14 bits per heavy atom. The van der Waals surface area contributed by atoms with Crippen LogP contribution in [0, 0.1) is 17.0 Å². The van der Waals surface area contributed by atoms with Crippen LogP contribution in [-0.4, -0.2) is 9.91 Å². The van der Waals surface area contributed by atoms with Crippen LogP contribution in [0.25, 0.3) is 10.8 Å². The van der Waals surface area contributed by atoms with Crippen molar-refractivity contribution in [2.75, 3.05) is 0 Å². The first kappa shape index (κ1) is 13.6. The molecule has 0 spiro atoms. The Morgan fingerprint density at radius 2 is 2.00 bits per heavy atom. The van der Waals surface area contributed by atoms with Crippen LogP contribution in [0.15, 0.2) is 64.6 Å². The van der Waals surface area contributed by atoms with E-state index in [-0.39, 0.29) is 10.6 Å². The molecule has 2 aromatic carbocycles. The monoisotopic (exact) mass is 296 g/mol. The minimum Gasteiger partial charge on any atom is -0.264 e. The number of rotatable bonds is 3. The van der Waals surface area contributed by atoms with Gasteiger partial charge in [0, 0.05) is 28.7 Å². The molecule has 104 valence electrons. The van der Waals surface area contributed by atoms with E-state index in [2.05, 4.69) is 4.98 Å². The van der Waals surface area contributed by atoms with Gasteiger partial charge >= 0.3 is 0 Å². The maximum atomic E-state index is 11.2. The standard InChI is InChI=1S/C16H12N2O2S/c1-11-5-6-16(14(9-11)18(19)20)21-15-4-2-3-12-10-17-8-7-13(12)15/h2-10H,1H3. The zero-order chi connectivity index (χ0) is 14.8. The second-order valence-corrected chi connectivity index (χ2v) is 5.77. The summed E-state index contributed by atoms with van der Waals surface area (Å²) in [6.07, 6.45) is 3.53. The molecular formula is C16H12N2O2S. The Kier molecular flexibility index (Phi) is 3.58. The van der Waals surface area contributed by atoms with E-state index in [1.165, 1.54) is 11.8 Å². The second kappa shape index (κ2) is 5.54. The molecule has 0 aliphatic rings. The third-order valence-electron chi connectivity index (χ3n) is 3.17. The van der Waals surface area contributed by atoms with Crippen LogP contribution in [-0.2, 0) is 0 Å². The number of aryl methyl sites for hydroxylation is 1. The maximum absolute atomic E-state index is 11.2. The van der Waals surface area contributed by atoms with Crippen LogP contribution in [0.4, 0.5) is 5.69 Å². The minimum atomic E-state index is -0.331. The molecule has 3 aromatic rings. The first-order chi connectivity index (χ1) is 10.1. The highest BCUT2D eigenvalue weighted by molar-refractivity contribution is 7.99. The molecule has 0 saturated carbocycles. The lowest BCUT2D eigenvalue weighted by atomic mass is 10.2. The number of pyridine rings is 1. The molecule has 0 N–H and O–H groups in total. The first-order valence-electron chi connectivity index (χ1n) is 6.41. The Bertz CT molecular complexity index is 828. The van der Waals surface area contributed by atoms with Gasteiger partial charge in [-0.3, -0.25) is 15.1 Å². The minimum absolute atomic E-state index is 0.144. The van der Waals surface area contributed by atoms with Crippen LogP contribution in [0.3, 0.4) is 0 Å². The van der Waals surface area contributed by atoms with Gasteiger partial charge in [0.25, 0.3) is 5.69 Å². The lowest BCUT2D eigenvalue weighted by molar-refractivity contribution is -0.387. The summed E-state index contributed by atoms with van der Waals surface area (Å²) in [7, 11) is 0. The Hall–Kier alpha value is -2.40. The number of hydrogen-bond donors (Lipinski definition) is 0. The van der Waals surface area contributed by atoms with E-state index >= 15 is 0 Å². The van der Waals surface area contributed by atoms with Crippen molar-refractivity contribution in [2.24, 2.45) is 0 Å². The van der Waals surface area contributed by atoms with Crippen molar-refractivity contribution < 1.29 is 4.92 Å². The molecule has 0 aliphatic heterocycles. The molecule has 0 aliphatic carbocycles. The zero-order valence-electron chi connectivity index (χ0n) is 11.3. The molecule has 0 radical (unpaired) electrons. The molecule has 1 heterocycles. The van der Waals surface area contributed by atoms with Gasteiger partial charge in [-0.15, -0.1) is 0 Å². The molecule has 21 heavy (non-hydrogen) atoms. The molecule has 1 aromatic heterocycles. The topological polar surface area (TPSA) is 56.0 Å². The van der Waals surface area contributed by atoms with E-state index in [9.17, 15) is 10.1 Å². The van der Waals surface area contributed by atoms with Crippen LogP contribution < -0.4 is 0 Å². The molecule has 0 atom stereocenters. The van der Waals surface area contributed by atoms with Crippen molar-refractivity contribution in [3.05, 3.63) is 70.5 Å². The van der Waals surface area contributed by atoms with Crippen LogP contribution >= 0.6 is 11.8 Å². The number of fused-ring (bicyclic) bond motifs is 1. The highest BCUT2D eigenvalue weighted by Gasteiger charge is 2.15. The molecule has 0 fully saturated rings. The maximum Gasteiger partial charge on any atom is 0.283 e. The summed E-state index contributed by atoms with van der Waals surface area (Å²) >= 11 is 1.41. The van der Waals surface area contributed by atoms with E-state index in [0.29, 0.717) is 4.90 Å². The predicted molar refractivity (Wildman–Crippen MR) is 83.7 cm³/mol. The van der Waals surface area contributed by atoms with Crippen molar-refractivity contribution in [2.45, 2.75) is 16.7 Å². The van der Waals surface area contributed by atoms with Crippen molar-refractivity contribution in [3.8, 4) is 0 Å². The van der Waals surface area contributed by atoms with Crippen molar-refractivity contribution in [1.29, 1.82) is 0 Å². The van der Waals surface area contributed by atoms with Gasteiger partial charge in [0.15, 0.2) is 0 Å². The Balaban J connectivity index is 2.09. The Labute approximate surface area is 126 Å². The van der Waals surface area contributed by atoms with Gasteiger partial charge < -0.3 is 0 Å². The summed E-state index contributed by atoms with van der Waals surface area (Å²) in [6, 6.07) is 13.1. The summed E-state index contributed by atoms with van der Waals surface area (Å²) < 4.78 is 0. The molecule has 0 bridgehead atoms. The quantitative estimate of drug-likeness (QED) is 0.523. The van der Waals surface area contributed by atoms with Crippen LogP contribution in [0.1, 0.15) is 5.56 Å². The third kappa shape index (κ3) is 2.73. The first-order valence-corrected chi connectivity index (χ1v) is 7.22. The van der Waals surface area contributed by atoms with Gasteiger partial charge in [0.05, 0.1) is 9.82 Å². The van der Waals surface area contributed by atoms with Crippen molar-refractivity contribution in [1.82, 2.24) is 4.98 Å². The van der Waals surface area contributed by atoms with E-state index in [1.54, 1.807) is 24.5 Å². The van der Waals surface area contributed by atoms with E-state index in [0.717, 1.165) is 21.2 Å². The number of nitro benzene ring substituents is 1. The highest BCUT2D eigenvalue weighted by Crippen LogP contribution is 2.38. The van der Waals surface area contributed by atoms with E-state index in [1.807, 2.05) is 37.3 Å². The molecule has 0 unspecified atom stereocenters. The molecular weight excluding hydrogens is 284 g/mol. The lowest BCUT2D eigenvalue weighted by Gasteiger charge is -2.07. The average Bonchev–Trinajstić information content (AvgIpc) is 2.49. The fraction of sp³-hybridized carbons (Fsp3) is 0.0625. The van der Waals surface area contributed by atoms with Gasteiger partial charge in [0.2, 0.25) is 0 Å². The smallest absolute Gasteiger partial charge is 0.264 e. The van der Waals surface area contributed by atoms with Gasteiger partial charge in [-0.2, -0.15) is 0 Å². The average molecular weight is 296 g/mol. The van der Waals surface area contributed by atoms with Crippen LogP contribution in [0.2, 0.25) is 0 Å². The number of hydrogen-bond acceptors (Lipinski definition) is 4. The van der Waals surface area contributed by atoms with Gasteiger partial charge in [-0.25, -0.2) is 0 Å². The predicted octanol–water partition coefficient (Wildman–Crippen LogP) is 4.60. The van der Waals surface area contributed by atoms with Gasteiger partial charge in [0.1, 0.15) is 0 Å². The number of nitrogens with zero attached hydrogens (tertiary/aromatic N) is 2. The summed E-state index contributed by atoms with van der Waals surface area (Å²) in [6.45, 7) is 1.85. The summed E-state index contributed by atoms with van der Waals surface area (Å²) in [5.74, 6) is 0. The molecule has 5 heteroatoms. The van der Waals surface area contributed by atoms with Crippen molar-refractivity contribution in [3.63, 3.8) is 0 Å². The number of benzene rings is 2. The summed E-state index contributed by atoms with van der Waals surface area (Å²) in [5, 5.41) is 13.3. The molecule has 0 amide bonds. The molecule has 0 saturated heterocycles. The third-order valence-corrected chi connectivity index (χ3v) is 4.31. The lowest BCUT2D eigenvalue weighted by Crippen LogP contribution is -1.91. The zero-order valence-corrected chi connectivity index (χ0v) is 12.1. The summed E-state index contributed by atoms with van der Waals surface area (Å²) in [4.78, 5) is 16.6. The fourth-order valence-electron chi connectivity index (χ4n) is 2.16. The Morgan fingerprint density at radius 3 is 2.81 bits per heavy atom. The van der Waals surface area contributed by atoms with Crippen molar-refractivity contribution >= 4 is 28.2 Å². The van der Waals surface area contributed by atoms with Crippen LogP contribution in [0.5, 0.6) is 0 Å². The van der Waals surface area contributed by atoms with E-state index in [4.69, 9.17) is 0 Å².